The molecule has 0 unspecified atom stereocenters. The van der Waals surface area contributed by atoms with Crippen molar-refractivity contribution in [2.24, 2.45) is 0 Å². The molecule has 0 saturated carbocycles. The molecule has 0 aliphatic heterocycles. The average Bonchev–Trinajstić information content (AvgIpc) is 2.48. The van der Waals surface area contributed by atoms with E-state index in [9.17, 15) is 5.11 Å². The Morgan fingerprint density at radius 3 is 2.71 bits per heavy atom. The largest absolute Gasteiger partial charge is 0.504 e. The highest BCUT2D eigenvalue weighted by Gasteiger charge is 2.10. The van der Waals surface area contributed by atoms with E-state index in [1.54, 1.807) is 6.07 Å². The Hall–Kier alpha value is -1.52. The Morgan fingerprint density at radius 2 is 2.00 bits per heavy atom. The van der Waals surface area contributed by atoms with E-state index in [4.69, 9.17) is 4.74 Å². The summed E-state index contributed by atoms with van der Waals surface area (Å²) in [4.78, 5) is 0. The van der Waals surface area contributed by atoms with Gasteiger partial charge in [-0.1, -0.05) is 40.2 Å². The van der Waals surface area contributed by atoms with Crippen LogP contribution in [0.5, 0.6) is 11.5 Å². The van der Waals surface area contributed by atoms with Crippen molar-refractivity contribution in [2.45, 2.75) is 26.4 Å². The maximum Gasteiger partial charge on any atom is 0.162 e. The van der Waals surface area contributed by atoms with E-state index < -0.39 is 0 Å². The second-order valence-electron chi connectivity index (χ2n) is 4.85. The predicted octanol–water partition coefficient (Wildman–Crippen LogP) is 4.40. The number of phenols is 1. The number of rotatable bonds is 6. The lowest BCUT2D eigenvalue weighted by atomic mass is 10.1. The van der Waals surface area contributed by atoms with Gasteiger partial charge >= 0.3 is 0 Å². The molecule has 112 valence electrons. The molecule has 2 aromatic rings. The molecule has 0 bridgehead atoms. The van der Waals surface area contributed by atoms with Gasteiger partial charge in [-0.05, 0) is 37.6 Å². The summed E-state index contributed by atoms with van der Waals surface area (Å²) in [6.07, 6.45) is 0. The second kappa shape index (κ2) is 7.48. The van der Waals surface area contributed by atoms with Crippen LogP contribution in [0.1, 0.15) is 31.0 Å². The molecule has 2 N–H and O–H groups in total. The molecule has 4 heteroatoms. The first kappa shape index (κ1) is 15.9. The van der Waals surface area contributed by atoms with Gasteiger partial charge in [-0.3, -0.25) is 0 Å². The molecule has 0 amide bonds. The van der Waals surface area contributed by atoms with Crippen LogP contribution in [0.4, 0.5) is 0 Å². The van der Waals surface area contributed by atoms with Crippen LogP contribution in [0.15, 0.2) is 46.9 Å². The molecular weight excluding hydrogens is 330 g/mol. The Kier molecular flexibility index (Phi) is 5.65. The molecular formula is C17H20BrNO2. The zero-order valence-electron chi connectivity index (χ0n) is 12.3. The van der Waals surface area contributed by atoms with Gasteiger partial charge in [-0.25, -0.2) is 0 Å². The fraction of sp³-hybridized carbons (Fsp3) is 0.294. The quantitative estimate of drug-likeness (QED) is 0.811. The van der Waals surface area contributed by atoms with E-state index in [0.717, 1.165) is 10.0 Å². The number of phenolic OH excluding ortho intramolecular Hbond substituents is 1. The second-order valence-corrected chi connectivity index (χ2v) is 5.77. The van der Waals surface area contributed by atoms with Gasteiger partial charge < -0.3 is 15.2 Å². The minimum absolute atomic E-state index is 0.192. The van der Waals surface area contributed by atoms with Crippen molar-refractivity contribution >= 4 is 15.9 Å². The van der Waals surface area contributed by atoms with E-state index in [0.29, 0.717) is 18.9 Å². The highest BCUT2D eigenvalue weighted by molar-refractivity contribution is 9.10. The van der Waals surface area contributed by atoms with Crippen molar-refractivity contribution in [3.05, 3.63) is 58.1 Å². The van der Waals surface area contributed by atoms with Gasteiger partial charge in [-0.15, -0.1) is 0 Å². The maximum atomic E-state index is 10.2. The SMILES string of the molecule is CCOc1cccc(CN[C@H](C)c2cccc(Br)c2)c1O. The molecule has 0 saturated heterocycles. The summed E-state index contributed by atoms with van der Waals surface area (Å²) in [7, 11) is 0. The molecule has 2 aromatic carbocycles. The average molecular weight is 350 g/mol. The highest BCUT2D eigenvalue weighted by atomic mass is 79.9. The molecule has 21 heavy (non-hydrogen) atoms. The van der Waals surface area contributed by atoms with Crippen molar-refractivity contribution in [1.82, 2.24) is 5.32 Å². The standard InChI is InChI=1S/C17H20BrNO2/c1-3-21-16-9-5-7-14(17(16)20)11-19-12(2)13-6-4-8-15(18)10-13/h4-10,12,19-20H,3,11H2,1-2H3/t12-/m1/s1. The van der Waals surface area contributed by atoms with Crippen LogP contribution in [0.3, 0.4) is 0 Å². The van der Waals surface area contributed by atoms with E-state index >= 15 is 0 Å². The van der Waals surface area contributed by atoms with Gasteiger partial charge in [0.05, 0.1) is 6.61 Å². The van der Waals surface area contributed by atoms with Crippen LogP contribution >= 0.6 is 15.9 Å². The first-order valence-corrected chi connectivity index (χ1v) is 7.83. The molecule has 0 heterocycles. The predicted molar refractivity (Wildman–Crippen MR) is 88.7 cm³/mol. The summed E-state index contributed by atoms with van der Waals surface area (Å²) in [6.45, 7) is 5.13. The molecule has 0 fully saturated rings. The van der Waals surface area contributed by atoms with Gasteiger partial charge in [0.1, 0.15) is 0 Å². The van der Waals surface area contributed by atoms with Crippen LogP contribution in [-0.2, 0) is 6.54 Å². The van der Waals surface area contributed by atoms with Crippen molar-refractivity contribution in [3.63, 3.8) is 0 Å². The molecule has 0 spiro atoms. The van der Waals surface area contributed by atoms with E-state index in [-0.39, 0.29) is 11.8 Å². The zero-order valence-corrected chi connectivity index (χ0v) is 13.9. The molecule has 0 aromatic heterocycles. The van der Waals surface area contributed by atoms with Gasteiger partial charge in [0, 0.05) is 22.6 Å². The van der Waals surface area contributed by atoms with Gasteiger partial charge in [-0.2, -0.15) is 0 Å². The third-order valence-electron chi connectivity index (χ3n) is 3.33. The maximum absolute atomic E-state index is 10.2. The number of nitrogens with one attached hydrogen (secondary N) is 1. The number of para-hydroxylation sites is 1. The molecule has 3 nitrogen and oxygen atoms in total. The topological polar surface area (TPSA) is 41.5 Å². The Labute approximate surface area is 134 Å². The first-order chi connectivity index (χ1) is 10.1. The van der Waals surface area contributed by atoms with E-state index in [2.05, 4.69) is 40.3 Å². The summed E-state index contributed by atoms with van der Waals surface area (Å²) in [6, 6.07) is 14.0. The number of hydrogen-bond acceptors (Lipinski definition) is 3. The number of benzene rings is 2. The van der Waals surface area contributed by atoms with E-state index in [1.807, 2.05) is 31.2 Å². The third kappa shape index (κ3) is 4.22. The van der Waals surface area contributed by atoms with Crippen molar-refractivity contribution in [1.29, 1.82) is 0 Å². The van der Waals surface area contributed by atoms with Crippen molar-refractivity contribution < 1.29 is 9.84 Å². The van der Waals surface area contributed by atoms with Crippen LogP contribution in [0, 0.1) is 0 Å². The number of halogens is 1. The molecule has 1 atom stereocenters. The first-order valence-electron chi connectivity index (χ1n) is 7.04. The van der Waals surface area contributed by atoms with E-state index in [1.165, 1.54) is 5.56 Å². The lowest BCUT2D eigenvalue weighted by Crippen LogP contribution is -2.18. The number of aromatic hydroxyl groups is 1. The highest BCUT2D eigenvalue weighted by Crippen LogP contribution is 2.30. The van der Waals surface area contributed by atoms with Crippen LogP contribution < -0.4 is 10.1 Å². The lowest BCUT2D eigenvalue weighted by Gasteiger charge is -2.16. The molecule has 0 aliphatic carbocycles. The summed E-state index contributed by atoms with van der Waals surface area (Å²) in [5, 5.41) is 13.6. The Balaban J connectivity index is 2.04. The smallest absolute Gasteiger partial charge is 0.162 e. The van der Waals surface area contributed by atoms with Gasteiger partial charge in [0.25, 0.3) is 0 Å². The monoisotopic (exact) mass is 349 g/mol. The molecule has 0 aliphatic rings. The van der Waals surface area contributed by atoms with Crippen molar-refractivity contribution in [2.75, 3.05) is 6.61 Å². The van der Waals surface area contributed by atoms with Crippen LogP contribution in [-0.4, -0.2) is 11.7 Å². The minimum Gasteiger partial charge on any atom is -0.504 e. The van der Waals surface area contributed by atoms with Gasteiger partial charge in [0.15, 0.2) is 11.5 Å². The zero-order chi connectivity index (χ0) is 15.2. The third-order valence-corrected chi connectivity index (χ3v) is 3.82. The van der Waals surface area contributed by atoms with Crippen LogP contribution in [0.2, 0.25) is 0 Å². The number of ether oxygens (including phenoxy) is 1. The molecule has 2 rings (SSSR count). The Bertz CT molecular complexity index is 601. The Morgan fingerprint density at radius 1 is 1.24 bits per heavy atom. The fourth-order valence-electron chi connectivity index (χ4n) is 2.14. The minimum atomic E-state index is 0.192. The summed E-state index contributed by atoms with van der Waals surface area (Å²) < 4.78 is 6.47. The fourth-order valence-corrected chi connectivity index (χ4v) is 2.56. The van der Waals surface area contributed by atoms with Gasteiger partial charge in [0.2, 0.25) is 0 Å². The summed E-state index contributed by atoms with van der Waals surface area (Å²) >= 11 is 3.48. The lowest BCUT2D eigenvalue weighted by molar-refractivity contribution is 0.316. The normalized spacial score (nSPS) is 12.1. The number of hydrogen-bond donors (Lipinski definition) is 2. The molecule has 0 radical (unpaired) electrons. The summed E-state index contributed by atoms with van der Waals surface area (Å²) in [5.74, 6) is 0.750. The van der Waals surface area contributed by atoms with Crippen molar-refractivity contribution in [3.8, 4) is 11.5 Å². The summed E-state index contributed by atoms with van der Waals surface area (Å²) in [5.41, 5.74) is 2.03. The van der Waals surface area contributed by atoms with Crippen LogP contribution in [0.25, 0.3) is 0 Å².